The maximum absolute atomic E-state index is 11.9. The fraction of sp³-hybridized carbons (Fsp3) is 0.450. The van der Waals surface area contributed by atoms with Gasteiger partial charge in [-0.25, -0.2) is 9.97 Å². The third-order valence-corrected chi connectivity index (χ3v) is 5.32. The van der Waals surface area contributed by atoms with Gasteiger partial charge in [0.15, 0.2) is 0 Å². The van der Waals surface area contributed by atoms with Gasteiger partial charge in [0.2, 0.25) is 5.91 Å². The quantitative estimate of drug-likeness (QED) is 0.871. The van der Waals surface area contributed by atoms with E-state index in [2.05, 4.69) is 39.6 Å². The summed E-state index contributed by atoms with van der Waals surface area (Å²) in [4.78, 5) is 24.4. The van der Waals surface area contributed by atoms with Crippen molar-refractivity contribution in [3.05, 3.63) is 48.3 Å². The van der Waals surface area contributed by atoms with Gasteiger partial charge in [-0.15, -0.1) is 0 Å². The van der Waals surface area contributed by atoms with E-state index >= 15 is 0 Å². The van der Waals surface area contributed by atoms with Crippen LogP contribution in [0.25, 0.3) is 0 Å². The van der Waals surface area contributed by atoms with Crippen LogP contribution in [-0.4, -0.2) is 60.6 Å². The van der Waals surface area contributed by atoms with Crippen LogP contribution in [0.1, 0.15) is 18.1 Å². The van der Waals surface area contributed by atoms with E-state index in [1.54, 1.807) is 11.2 Å². The molecule has 1 aromatic carbocycles. The van der Waals surface area contributed by atoms with Crippen LogP contribution in [0.4, 0.5) is 11.6 Å². The standard InChI is InChI=1S/C20H25N5O2/c1-24-8-9-25(13-19(24)26)18-11-17(22-14-23-18)21-12-16-7-10-27-20(16)15-5-3-2-4-6-15/h2-6,11,14,16,20H,7-10,12-13H2,1H3,(H,21,22,23)/t16-,20-/m0/s1. The molecule has 4 rings (SSSR count). The molecule has 0 unspecified atom stereocenters. The van der Waals surface area contributed by atoms with Crippen LogP contribution >= 0.6 is 0 Å². The Morgan fingerprint density at radius 3 is 2.89 bits per heavy atom. The van der Waals surface area contributed by atoms with Gasteiger partial charge in [-0.05, 0) is 12.0 Å². The molecule has 1 N–H and O–H groups in total. The summed E-state index contributed by atoms with van der Waals surface area (Å²) in [5.74, 6) is 2.08. The molecule has 2 fully saturated rings. The molecular weight excluding hydrogens is 342 g/mol. The molecular formula is C20H25N5O2. The average Bonchev–Trinajstić information content (AvgIpc) is 3.18. The lowest BCUT2D eigenvalue weighted by atomic mass is 9.95. The number of ether oxygens (including phenoxy) is 1. The number of aromatic nitrogens is 2. The third-order valence-electron chi connectivity index (χ3n) is 5.32. The van der Waals surface area contributed by atoms with Crippen molar-refractivity contribution in [1.82, 2.24) is 14.9 Å². The Labute approximate surface area is 159 Å². The van der Waals surface area contributed by atoms with Crippen LogP contribution in [0.15, 0.2) is 42.7 Å². The van der Waals surface area contributed by atoms with Crippen LogP contribution in [0.3, 0.4) is 0 Å². The first kappa shape index (κ1) is 17.7. The van der Waals surface area contributed by atoms with Crippen LogP contribution in [0.2, 0.25) is 0 Å². The van der Waals surface area contributed by atoms with Crippen molar-refractivity contribution in [2.45, 2.75) is 12.5 Å². The second-order valence-corrected chi connectivity index (χ2v) is 7.13. The highest BCUT2D eigenvalue weighted by Crippen LogP contribution is 2.34. The number of benzene rings is 1. The lowest BCUT2D eigenvalue weighted by Gasteiger charge is -2.32. The van der Waals surface area contributed by atoms with Gasteiger partial charge in [-0.3, -0.25) is 4.79 Å². The predicted molar refractivity (Wildman–Crippen MR) is 104 cm³/mol. The highest BCUT2D eigenvalue weighted by Gasteiger charge is 2.29. The van der Waals surface area contributed by atoms with Crippen molar-refractivity contribution in [2.24, 2.45) is 5.92 Å². The van der Waals surface area contributed by atoms with Gasteiger partial charge in [0.25, 0.3) is 0 Å². The van der Waals surface area contributed by atoms with E-state index in [1.807, 2.05) is 24.1 Å². The van der Waals surface area contributed by atoms with E-state index < -0.39 is 0 Å². The molecule has 3 heterocycles. The topological polar surface area (TPSA) is 70.6 Å². The molecule has 0 bridgehead atoms. The van der Waals surface area contributed by atoms with E-state index in [4.69, 9.17) is 4.74 Å². The van der Waals surface area contributed by atoms with E-state index in [-0.39, 0.29) is 12.0 Å². The average molecular weight is 367 g/mol. The molecule has 2 aliphatic rings. The van der Waals surface area contributed by atoms with Gasteiger partial charge >= 0.3 is 0 Å². The Morgan fingerprint density at radius 2 is 2.07 bits per heavy atom. The Hall–Kier alpha value is -2.67. The summed E-state index contributed by atoms with van der Waals surface area (Å²) in [6.07, 6.45) is 2.70. The summed E-state index contributed by atoms with van der Waals surface area (Å²) in [5, 5.41) is 3.43. The fourth-order valence-corrected chi connectivity index (χ4v) is 3.66. The number of rotatable bonds is 5. The number of likely N-dealkylation sites (N-methyl/N-ethyl adjacent to an activating group) is 1. The Balaban J connectivity index is 1.39. The molecule has 2 saturated heterocycles. The molecule has 2 atom stereocenters. The smallest absolute Gasteiger partial charge is 0.241 e. The van der Waals surface area contributed by atoms with Crippen molar-refractivity contribution < 1.29 is 9.53 Å². The Kier molecular flexibility index (Phi) is 5.20. The molecule has 0 aliphatic carbocycles. The number of hydrogen-bond donors (Lipinski definition) is 1. The maximum Gasteiger partial charge on any atom is 0.241 e. The van der Waals surface area contributed by atoms with Gasteiger partial charge in [-0.1, -0.05) is 30.3 Å². The minimum atomic E-state index is 0.114. The first-order valence-electron chi connectivity index (χ1n) is 9.42. The van der Waals surface area contributed by atoms with Crippen molar-refractivity contribution in [3.8, 4) is 0 Å². The van der Waals surface area contributed by atoms with Crippen molar-refractivity contribution in [1.29, 1.82) is 0 Å². The zero-order valence-corrected chi connectivity index (χ0v) is 15.5. The zero-order chi connectivity index (χ0) is 18.6. The molecule has 1 amide bonds. The van der Waals surface area contributed by atoms with Crippen molar-refractivity contribution in [3.63, 3.8) is 0 Å². The minimum Gasteiger partial charge on any atom is -0.373 e. The molecule has 1 aromatic heterocycles. The summed E-state index contributed by atoms with van der Waals surface area (Å²) in [6, 6.07) is 12.3. The van der Waals surface area contributed by atoms with E-state index in [0.29, 0.717) is 19.0 Å². The first-order valence-corrected chi connectivity index (χ1v) is 9.42. The highest BCUT2D eigenvalue weighted by molar-refractivity contribution is 5.82. The number of carbonyl (C=O) groups excluding carboxylic acids is 1. The Morgan fingerprint density at radius 1 is 1.22 bits per heavy atom. The maximum atomic E-state index is 11.9. The molecule has 0 saturated carbocycles. The van der Waals surface area contributed by atoms with Gasteiger partial charge < -0.3 is 19.9 Å². The summed E-state index contributed by atoms with van der Waals surface area (Å²) in [5.41, 5.74) is 1.22. The van der Waals surface area contributed by atoms with E-state index in [1.165, 1.54) is 5.56 Å². The molecule has 0 radical (unpaired) electrons. The number of piperazine rings is 1. The second kappa shape index (κ2) is 7.92. The number of carbonyl (C=O) groups is 1. The van der Waals surface area contributed by atoms with E-state index in [9.17, 15) is 4.79 Å². The van der Waals surface area contributed by atoms with Gasteiger partial charge in [0.1, 0.15) is 18.0 Å². The van der Waals surface area contributed by atoms with Crippen molar-refractivity contribution >= 4 is 17.5 Å². The monoisotopic (exact) mass is 367 g/mol. The SMILES string of the molecule is CN1CCN(c2cc(NC[C@@H]3CCO[C@H]3c3ccccc3)ncn2)CC1=O. The van der Waals surface area contributed by atoms with E-state index in [0.717, 1.165) is 37.8 Å². The fourth-order valence-electron chi connectivity index (χ4n) is 3.66. The molecule has 2 aromatic rings. The molecule has 7 heteroatoms. The lowest BCUT2D eigenvalue weighted by Crippen LogP contribution is -2.48. The highest BCUT2D eigenvalue weighted by atomic mass is 16.5. The normalized spacial score (nSPS) is 22.9. The molecule has 0 spiro atoms. The second-order valence-electron chi connectivity index (χ2n) is 7.13. The van der Waals surface area contributed by atoms with Gasteiger partial charge in [0, 0.05) is 45.3 Å². The number of hydrogen-bond acceptors (Lipinski definition) is 6. The number of nitrogens with zero attached hydrogens (tertiary/aromatic N) is 4. The summed E-state index contributed by atoms with van der Waals surface area (Å²) in [6.45, 7) is 3.43. The largest absolute Gasteiger partial charge is 0.373 e. The molecule has 142 valence electrons. The van der Waals surface area contributed by atoms with Crippen LogP contribution in [-0.2, 0) is 9.53 Å². The predicted octanol–water partition coefficient (Wildman–Crippen LogP) is 1.94. The number of nitrogens with one attached hydrogen (secondary N) is 1. The summed E-state index contributed by atoms with van der Waals surface area (Å²) >= 11 is 0. The van der Waals surface area contributed by atoms with Crippen LogP contribution < -0.4 is 10.2 Å². The number of amides is 1. The summed E-state index contributed by atoms with van der Waals surface area (Å²) in [7, 11) is 1.83. The molecule has 2 aliphatic heterocycles. The van der Waals surface area contributed by atoms with Crippen LogP contribution in [0, 0.1) is 5.92 Å². The van der Waals surface area contributed by atoms with Gasteiger partial charge in [0.05, 0.1) is 12.6 Å². The molecule has 27 heavy (non-hydrogen) atoms. The third kappa shape index (κ3) is 4.03. The molecule has 7 nitrogen and oxygen atoms in total. The van der Waals surface area contributed by atoms with Crippen molar-refractivity contribution in [2.75, 3.05) is 50.1 Å². The van der Waals surface area contributed by atoms with Gasteiger partial charge in [-0.2, -0.15) is 0 Å². The first-order chi connectivity index (χ1) is 13.2. The summed E-state index contributed by atoms with van der Waals surface area (Å²) < 4.78 is 5.96. The Bertz CT molecular complexity index is 785. The number of anilines is 2. The lowest BCUT2D eigenvalue weighted by molar-refractivity contribution is -0.129. The zero-order valence-electron chi connectivity index (χ0n) is 15.5. The van der Waals surface area contributed by atoms with Crippen LogP contribution in [0.5, 0.6) is 0 Å². The minimum absolute atomic E-state index is 0.114.